The van der Waals surface area contributed by atoms with E-state index in [-0.39, 0.29) is 12.6 Å². The largest absolute Gasteiger partial charge is 0.480 e. The summed E-state index contributed by atoms with van der Waals surface area (Å²) >= 11 is 0. The van der Waals surface area contributed by atoms with Crippen LogP contribution in [0.15, 0.2) is 28.9 Å². The number of aliphatic carboxylic acids is 1. The molecule has 0 bridgehead atoms. The number of nitrogens with two attached hydrogens (primary N) is 1. The second-order valence-electron chi connectivity index (χ2n) is 4.75. The minimum atomic E-state index is -1.07. The monoisotopic (exact) mass is 276 g/mol. The molecule has 2 rings (SSSR count). The number of nitrogens with zero attached hydrogens (tertiary/aromatic N) is 1. The zero-order chi connectivity index (χ0) is 14.7. The summed E-state index contributed by atoms with van der Waals surface area (Å²) in [5.74, 6) is -1.07. The van der Waals surface area contributed by atoms with Crippen LogP contribution in [0, 0.1) is 0 Å². The van der Waals surface area contributed by atoms with Crippen LogP contribution in [0.4, 0.5) is 5.69 Å². The third kappa shape index (κ3) is 2.97. The molecular weight excluding hydrogens is 260 g/mol. The zero-order valence-electron chi connectivity index (χ0n) is 11.1. The van der Waals surface area contributed by atoms with E-state index in [1.807, 2.05) is 6.92 Å². The fourth-order valence-corrected chi connectivity index (χ4v) is 2.14. The average Bonchev–Trinajstić information content (AvgIpc) is 2.83. The number of carbonyl (C=O) groups is 2. The Kier molecular flexibility index (Phi) is 4.05. The molecule has 1 aromatic carbocycles. The number of hydrogen-bond acceptors (Lipinski definition) is 4. The number of carboxylic acids is 1. The quantitative estimate of drug-likeness (QED) is 0.777. The molecule has 0 saturated heterocycles. The molecule has 1 atom stereocenters. The lowest BCUT2D eigenvalue weighted by atomic mass is 10.0. The molecule has 1 unspecified atom stereocenters. The second kappa shape index (κ2) is 5.75. The molecule has 6 nitrogen and oxygen atoms in total. The van der Waals surface area contributed by atoms with Crippen LogP contribution in [0.1, 0.15) is 12.5 Å². The molecule has 1 amide bonds. The van der Waals surface area contributed by atoms with E-state index in [0.29, 0.717) is 24.1 Å². The van der Waals surface area contributed by atoms with Gasteiger partial charge in [-0.3, -0.25) is 9.59 Å². The maximum atomic E-state index is 11.1. The van der Waals surface area contributed by atoms with Gasteiger partial charge in [0.2, 0.25) is 6.41 Å². The van der Waals surface area contributed by atoms with E-state index in [1.165, 1.54) is 0 Å². The van der Waals surface area contributed by atoms with E-state index in [0.717, 1.165) is 15.8 Å². The molecule has 0 aliphatic heterocycles. The molecule has 1 heterocycles. The van der Waals surface area contributed by atoms with Gasteiger partial charge in [0.15, 0.2) is 0 Å². The SMILES string of the molecule is CC(N)Cc1cc(N(C=O)CC(=O)O)cc2ccoc12. The maximum absolute atomic E-state index is 11.1. The van der Waals surface area contributed by atoms with Gasteiger partial charge < -0.3 is 20.2 Å². The Hall–Kier alpha value is -2.34. The van der Waals surface area contributed by atoms with Crippen molar-refractivity contribution < 1.29 is 19.1 Å². The van der Waals surface area contributed by atoms with Crippen LogP contribution in [0.5, 0.6) is 0 Å². The number of carboxylic acid groups (broad SMARTS) is 1. The number of fused-ring (bicyclic) bond motifs is 1. The van der Waals surface area contributed by atoms with Gasteiger partial charge >= 0.3 is 5.97 Å². The first-order valence-corrected chi connectivity index (χ1v) is 6.20. The van der Waals surface area contributed by atoms with Gasteiger partial charge in [-0.1, -0.05) is 0 Å². The van der Waals surface area contributed by atoms with Crippen molar-refractivity contribution in [1.29, 1.82) is 0 Å². The van der Waals surface area contributed by atoms with Gasteiger partial charge in [0.05, 0.1) is 6.26 Å². The standard InChI is InChI=1S/C14H16N2O4/c1-9(15)4-11-6-12(16(8-17)7-13(18)19)5-10-2-3-20-14(10)11/h2-3,5-6,8-9H,4,7,15H2,1H3,(H,18,19). The van der Waals surface area contributed by atoms with Crippen LogP contribution in [-0.4, -0.2) is 30.1 Å². The summed E-state index contributed by atoms with van der Waals surface area (Å²) in [5, 5.41) is 9.64. The van der Waals surface area contributed by atoms with Crippen LogP contribution in [-0.2, 0) is 16.0 Å². The van der Waals surface area contributed by atoms with Gasteiger partial charge in [-0.25, -0.2) is 0 Å². The number of rotatable bonds is 6. The van der Waals surface area contributed by atoms with E-state index in [9.17, 15) is 9.59 Å². The summed E-state index contributed by atoms with van der Waals surface area (Å²) in [7, 11) is 0. The number of amides is 1. The molecule has 3 N–H and O–H groups in total. The molecule has 0 radical (unpaired) electrons. The fraction of sp³-hybridized carbons (Fsp3) is 0.286. The van der Waals surface area contributed by atoms with Gasteiger partial charge in [-0.2, -0.15) is 0 Å². The van der Waals surface area contributed by atoms with Crippen molar-refractivity contribution in [2.45, 2.75) is 19.4 Å². The van der Waals surface area contributed by atoms with E-state index >= 15 is 0 Å². The molecule has 0 spiro atoms. The molecule has 106 valence electrons. The van der Waals surface area contributed by atoms with E-state index in [1.54, 1.807) is 24.5 Å². The first-order valence-electron chi connectivity index (χ1n) is 6.20. The molecule has 2 aromatic rings. The van der Waals surface area contributed by atoms with Gasteiger partial charge in [-0.05, 0) is 37.1 Å². The molecule has 0 saturated carbocycles. The van der Waals surface area contributed by atoms with Crippen molar-refractivity contribution in [2.24, 2.45) is 5.73 Å². The van der Waals surface area contributed by atoms with Crippen molar-refractivity contribution >= 4 is 29.0 Å². The molecule has 0 aliphatic rings. The highest BCUT2D eigenvalue weighted by Gasteiger charge is 2.14. The van der Waals surface area contributed by atoms with Crippen LogP contribution < -0.4 is 10.6 Å². The first kappa shape index (κ1) is 14.1. The number of anilines is 1. The average molecular weight is 276 g/mol. The summed E-state index contributed by atoms with van der Waals surface area (Å²) in [6.45, 7) is 1.49. The Morgan fingerprint density at radius 2 is 2.30 bits per heavy atom. The van der Waals surface area contributed by atoms with E-state index in [2.05, 4.69) is 0 Å². The Bertz CT molecular complexity index is 633. The number of hydrogen-bond donors (Lipinski definition) is 2. The van der Waals surface area contributed by atoms with E-state index < -0.39 is 5.97 Å². The van der Waals surface area contributed by atoms with E-state index in [4.69, 9.17) is 15.3 Å². The molecule has 20 heavy (non-hydrogen) atoms. The Morgan fingerprint density at radius 1 is 1.55 bits per heavy atom. The van der Waals surface area contributed by atoms with Gasteiger partial charge in [0.25, 0.3) is 0 Å². The topological polar surface area (TPSA) is 96.8 Å². The molecular formula is C14H16N2O4. The summed E-state index contributed by atoms with van der Waals surface area (Å²) in [5.41, 5.74) is 7.90. The minimum Gasteiger partial charge on any atom is -0.480 e. The molecule has 6 heteroatoms. The van der Waals surface area contributed by atoms with Crippen molar-refractivity contribution in [2.75, 3.05) is 11.4 Å². The van der Waals surface area contributed by atoms with Crippen LogP contribution in [0.2, 0.25) is 0 Å². The minimum absolute atomic E-state index is 0.0669. The fourth-order valence-electron chi connectivity index (χ4n) is 2.14. The lowest BCUT2D eigenvalue weighted by Gasteiger charge is -2.17. The highest BCUT2D eigenvalue weighted by molar-refractivity contribution is 5.91. The third-order valence-electron chi connectivity index (χ3n) is 2.92. The van der Waals surface area contributed by atoms with Crippen molar-refractivity contribution in [3.63, 3.8) is 0 Å². The first-order chi connectivity index (χ1) is 9.51. The van der Waals surface area contributed by atoms with Crippen LogP contribution >= 0.6 is 0 Å². The maximum Gasteiger partial charge on any atom is 0.323 e. The number of carbonyl (C=O) groups excluding carboxylic acids is 1. The summed E-state index contributed by atoms with van der Waals surface area (Å²) in [6, 6.07) is 5.17. The van der Waals surface area contributed by atoms with Crippen molar-refractivity contribution in [1.82, 2.24) is 0 Å². The zero-order valence-corrected chi connectivity index (χ0v) is 11.1. The number of furan rings is 1. The predicted octanol–water partition coefficient (Wildman–Crippen LogP) is 1.37. The van der Waals surface area contributed by atoms with Crippen LogP contribution in [0.3, 0.4) is 0 Å². The number of benzene rings is 1. The van der Waals surface area contributed by atoms with Crippen molar-refractivity contribution in [3.8, 4) is 0 Å². The highest BCUT2D eigenvalue weighted by atomic mass is 16.4. The second-order valence-corrected chi connectivity index (χ2v) is 4.75. The highest BCUT2D eigenvalue weighted by Crippen LogP contribution is 2.27. The lowest BCUT2D eigenvalue weighted by Crippen LogP contribution is -2.28. The predicted molar refractivity (Wildman–Crippen MR) is 74.6 cm³/mol. The van der Waals surface area contributed by atoms with Gasteiger partial charge in [0.1, 0.15) is 12.1 Å². The molecule has 0 fully saturated rings. The normalized spacial score (nSPS) is 12.3. The summed E-state index contributed by atoms with van der Waals surface area (Å²) in [6.07, 6.45) is 2.64. The van der Waals surface area contributed by atoms with Gasteiger partial charge in [0, 0.05) is 17.1 Å². The Labute approximate surface area is 115 Å². The smallest absolute Gasteiger partial charge is 0.323 e. The molecule has 0 aliphatic carbocycles. The Balaban J connectivity index is 2.47. The summed E-state index contributed by atoms with van der Waals surface area (Å²) in [4.78, 5) is 23.0. The lowest BCUT2D eigenvalue weighted by molar-refractivity contribution is -0.136. The van der Waals surface area contributed by atoms with Crippen LogP contribution in [0.25, 0.3) is 11.0 Å². The summed E-state index contributed by atoms with van der Waals surface area (Å²) < 4.78 is 5.42. The molecule has 1 aromatic heterocycles. The van der Waals surface area contributed by atoms with Gasteiger partial charge in [-0.15, -0.1) is 0 Å². The van der Waals surface area contributed by atoms with Crippen molar-refractivity contribution in [3.05, 3.63) is 30.0 Å². The third-order valence-corrected chi connectivity index (χ3v) is 2.92. The Morgan fingerprint density at radius 3 is 2.90 bits per heavy atom.